The highest BCUT2D eigenvalue weighted by atomic mass is 35.5. The zero-order valence-electron chi connectivity index (χ0n) is 12.9. The Morgan fingerprint density at radius 2 is 2.08 bits per heavy atom. The van der Waals surface area contributed by atoms with Crippen molar-refractivity contribution >= 4 is 39.1 Å². The van der Waals surface area contributed by atoms with Crippen molar-refractivity contribution in [3.8, 4) is 17.6 Å². The first-order valence-corrected chi connectivity index (χ1v) is 8.52. The number of nitrogens with zero attached hydrogens (tertiary/aromatic N) is 1. The van der Waals surface area contributed by atoms with Crippen molar-refractivity contribution in [2.24, 2.45) is 0 Å². The van der Waals surface area contributed by atoms with E-state index in [2.05, 4.69) is 22.1 Å². The number of aliphatic hydroxyl groups is 1. The van der Waals surface area contributed by atoms with E-state index in [0.717, 1.165) is 5.56 Å². The quantitative estimate of drug-likeness (QED) is 0.617. The first kappa shape index (κ1) is 17.2. The van der Waals surface area contributed by atoms with Crippen LogP contribution in [0.2, 0.25) is 5.02 Å². The van der Waals surface area contributed by atoms with Crippen LogP contribution in [0.5, 0.6) is 5.75 Å². The van der Waals surface area contributed by atoms with Crippen LogP contribution in [-0.4, -0.2) is 27.7 Å². The van der Waals surface area contributed by atoms with E-state index < -0.39 is 5.91 Å². The average Bonchev–Trinajstić information content (AvgIpc) is 3.03. The van der Waals surface area contributed by atoms with Crippen molar-refractivity contribution in [1.29, 1.82) is 0 Å². The Bertz CT molecular complexity index is 987. The average molecular weight is 373 g/mol. The summed E-state index contributed by atoms with van der Waals surface area (Å²) in [4.78, 5) is 17.8. The maximum Gasteiger partial charge on any atom is 0.256 e. The van der Waals surface area contributed by atoms with Gasteiger partial charge in [0, 0.05) is 17.8 Å². The zero-order valence-corrected chi connectivity index (χ0v) is 14.5. The minimum Gasteiger partial charge on any atom is -0.506 e. The molecule has 2 aromatic heterocycles. The van der Waals surface area contributed by atoms with Crippen molar-refractivity contribution in [3.63, 3.8) is 0 Å². The number of fused-ring (bicyclic) bond motifs is 1. The van der Waals surface area contributed by atoms with Gasteiger partial charge >= 0.3 is 0 Å². The second-order valence-electron chi connectivity index (χ2n) is 5.12. The standard InChI is InChI=1S/C18H13ClN2O3S/c19-12-5-3-11(4-6-12)9-20-17(24)15-10-21-18-14(16(15)23)8-13(25-18)2-1-7-22/h3-6,8,10,22H,7,9H2,(H,20,24)(H,21,23). The molecule has 0 atom stereocenters. The SMILES string of the molecule is O=C(NCc1ccc(Cl)cc1)c1cnc2sc(C#CCO)cc2c1O. The molecule has 1 aromatic carbocycles. The Morgan fingerprint density at radius 3 is 2.80 bits per heavy atom. The van der Waals surface area contributed by atoms with Crippen LogP contribution in [0.15, 0.2) is 36.5 Å². The molecular formula is C18H13ClN2O3S. The lowest BCUT2D eigenvalue weighted by atomic mass is 10.1. The van der Waals surface area contributed by atoms with Crippen LogP contribution >= 0.6 is 22.9 Å². The Labute approximate surface area is 152 Å². The number of thiophene rings is 1. The molecule has 0 saturated carbocycles. The summed E-state index contributed by atoms with van der Waals surface area (Å²) in [6.45, 7) is 0.0658. The number of hydrogen-bond donors (Lipinski definition) is 3. The minimum atomic E-state index is -0.420. The summed E-state index contributed by atoms with van der Waals surface area (Å²) in [6.07, 6.45) is 1.34. The molecule has 2 heterocycles. The molecule has 0 aliphatic rings. The zero-order chi connectivity index (χ0) is 17.8. The molecule has 0 aliphatic carbocycles. The van der Waals surface area contributed by atoms with E-state index in [-0.39, 0.29) is 17.9 Å². The van der Waals surface area contributed by atoms with Crippen LogP contribution in [0.1, 0.15) is 20.8 Å². The first-order valence-electron chi connectivity index (χ1n) is 7.32. The topological polar surface area (TPSA) is 82.5 Å². The van der Waals surface area contributed by atoms with E-state index in [4.69, 9.17) is 16.7 Å². The molecule has 0 fully saturated rings. The van der Waals surface area contributed by atoms with Crippen LogP contribution < -0.4 is 5.32 Å². The number of carbonyl (C=O) groups is 1. The number of aromatic nitrogens is 1. The normalized spacial score (nSPS) is 10.3. The molecule has 0 spiro atoms. The van der Waals surface area contributed by atoms with Gasteiger partial charge in [0.2, 0.25) is 0 Å². The molecule has 0 aliphatic heterocycles. The molecule has 3 N–H and O–H groups in total. The third-order valence-electron chi connectivity index (χ3n) is 3.44. The second kappa shape index (κ2) is 7.53. The predicted octanol–water partition coefficient (Wildman–Crippen LogP) is 2.93. The molecule has 0 unspecified atom stereocenters. The highest BCUT2D eigenvalue weighted by molar-refractivity contribution is 7.19. The number of pyridine rings is 1. The number of rotatable bonds is 3. The lowest BCUT2D eigenvalue weighted by molar-refractivity contribution is 0.0948. The van der Waals surface area contributed by atoms with Crippen LogP contribution in [0.3, 0.4) is 0 Å². The Kier molecular flexibility index (Phi) is 5.19. The third-order valence-corrected chi connectivity index (χ3v) is 4.65. The van der Waals surface area contributed by atoms with Crippen molar-refractivity contribution < 1.29 is 15.0 Å². The van der Waals surface area contributed by atoms with Crippen LogP contribution in [0, 0.1) is 11.8 Å². The van der Waals surface area contributed by atoms with E-state index in [9.17, 15) is 9.90 Å². The summed E-state index contributed by atoms with van der Waals surface area (Å²) >= 11 is 7.11. The van der Waals surface area contributed by atoms with E-state index >= 15 is 0 Å². The Morgan fingerprint density at radius 1 is 1.32 bits per heavy atom. The van der Waals surface area contributed by atoms with Crippen molar-refractivity contribution in [1.82, 2.24) is 10.3 Å². The summed E-state index contributed by atoms with van der Waals surface area (Å²) in [5.74, 6) is 4.76. The van der Waals surface area contributed by atoms with Gasteiger partial charge in [-0.25, -0.2) is 4.98 Å². The number of hydrogen-bond acceptors (Lipinski definition) is 5. The summed E-state index contributed by atoms with van der Waals surface area (Å²) < 4.78 is 0. The molecule has 0 saturated heterocycles. The van der Waals surface area contributed by atoms with Gasteiger partial charge in [-0.3, -0.25) is 4.79 Å². The molecule has 25 heavy (non-hydrogen) atoms. The number of aliphatic hydroxyl groups excluding tert-OH is 1. The van der Waals surface area contributed by atoms with Gasteiger partial charge in [-0.05, 0) is 23.8 Å². The lowest BCUT2D eigenvalue weighted by Gasteiger charge is -2.07. The number of benzene rings is 1. The van der Waals surface area contributed by atoms with Gasteiger partial charge in [0.1, 0.15) is 22.8 Å². The van der Waals surface area contributed by atoms with E-state index in [1.165, 1.54) is 17.5 Å². The molecular weight excluding hydrogens is 360 g/mol. The van der Waals surface area contributed by atoms with Gasteiger partial charge in [0.25, 0.3) is 5.91 Å². The minimum absolute atomic E-state index is 0.0981. The van der Waals surface area contributed by atoms with Crippen molar-refractivity contribution in [3.05, 3.63) is 57.6 Å². The lowest BCUT2D eigenvalue weighted by Crippen LogP contribution is -2.23. The van der Waals surface area contributed by atoms with Gasteiger partial charge in [0.05, 0.1) is 10.3 Å². The fourth-order valence-corrected chi connectivity index (χ4v) is 3.22. The number of halogens is 1. The largest absolute Gasteiger partial charge is 0.506 e. The number of amides is 1. The van der Waals surface area contributed by atoms with Crippen LogP contribution in [0.4, 0.5) is 0 Å². The molecule has 0 radical (unpaired) electrons. The highest BCUT2D eigenvalue weighted by Gasteiger charge is 2.16. The van der Waals surface area contributed by atoms with Gasteiger partial charge in [0.15, 0.2) is 0 Å². The predicted molar refractivity (Wildman–Crippen MR) is 97.9 cm³/mol. The monoisotopic (exact) mass is 372 g/mol. The summed E-state index contributed by atoms with van der Waals surface area (Å²) in [7, 11) is 0. The van der Waals surface area contributed by atoms with E-state index in [0.29, 0.717) is 26.7 Å². The molecule has 7 heteroatoms. The smallest absolute Gasteiger partial charge is 0.256 e. The summed E-state index contributed by atoms with van der Waals surface area (Å²) in [5.41, 5.74) is 0.990. The molecule has 0 bridgehead atoms. The summed E-state index contributed by atoms with van der Waals surface area (Å²) in [6, 6.07) is 8.77. The Hall–Kier alpha value is -2.59. The highest BCUT2D eigenvalue weighted by Crippen LogP contribution is 2.32. The number of nitrogens with one attached hydrogen (secondary N) is 1. The maximum atomic E-state index is 12.3. The van der Waals surface area contributed by atoms with Crippen LogP contribution in [-0.2, 0) is 6.54 Å². The molecule has 126 valence electrons. The van der Waals surface area contributed by atoms with Crippen LogP contribution in [0.25, 0.3) is 10.2 Å². The second-order valence-corrected chi connectivity index (χ2v) is 6.59. The molecule has 1 amide bonds. The van der Waals surface area contributed by atoms with Gasteiger partial charge in [-0.1, -0.05) is 35.6 Å². The third kappa shape index (κ3) is 3.91. The van der Waals surface area contributed by atoms with Crippen molar-refractivity contribution in [2.75, 3.05) is 6.61 Å². The fourth-order valence-electron chi connectivity index (χ4n) is 2.21. The first-order chi connectivity index (χ1) is 12.1. The molecule has 3 aromatic rings. The maximum absolute atomic E-state index is 12.3. The van der Waals surface area contributed by atoms with E-state index in [1.54, 1.807) is 18.2 Å². The molecule has 3 rings (SSSR count). The van der Waals surface area contributed by atoms with Crippen molar-refractivity contribution in [2.45, 2.75) is 6.54 Å². The van der Waals surface area contributed by atoms with Gasteiger partial charge < -0.3 is 15.5 Å². The van der Waals surface area contributed by atoms with Gasteiger partial charge in [-0.2, -0.15) is 0 Å². The number of carbonyl (C=O) groups excluding carboxylic acids is 1. The summed E-state index contributed by atoms with van der Waals surface area (Å²) in [5, 5.41) is 23.0. The molecule has 5 nitrogen and oxygen atoms in total. The van der Waals surface area contributed by atoms with Gasteiger partial charge in [-0.15, -0.1) is 11.3 Å². The Balaban J connectivity index is 1.81. The fraction of sp³-hybridized carbons (Fsp3) is 0.111. The number of aromatic hydroxyl groups is 1. The van der Waals surface area contributed by atoms with E-state index in [1.807, 2.05) is 12.1 Å².